The molecular weight excluding hydrogens is 200 g/mol. The highest BCUT2D eigenvalue weighted by Crippen LogP contribution is 2.22. The summed E-state index contributed by atoms with van der Waals surface area (Å²) in [7, 11) is 0. The highest BCUT2D eigenvalue weighted by Gasteiger charge is 2.14. The summed E-state index contributed by atoms with van der Waals surface area (Å²) in [6.07, 6.45) is 7.26. The summed E-state index contributed by atoms with van der Waals surface area (Å²) in [6, 6.07) is 3.51. The Kier molecular flexibility index (Phi) is 2.91. The lowest BCUT2D eigenvalue weighted by molar-refractivity contribution is 0.0965. The third-order valence-electron chi connectivity index (χ3n) is 2.61. The van der Waals surface area contributed by atoms with Crippen LogP contribution in [0.1, 0.15) is 29.2 Å². The van der Waals surface area contributed by atoms with E-state index in [-0.39, 0.29) is 5.78 Å². The summed E-state index contributed by atoms with van der Waals surface area (Å²) in [5, 5.41) is 0. The number of rotatable bonds is 4. The molecule has 1 heterocycles. The minimum Gasteiger partial charge on any atom is -0.458 e. The molecule has 1 aromatic rings. The second-order valence-corrected chi connectivity index (χ2v) is 3.94. The molecule has 2 rings (SSSR count). The zero-order valence-corrected chi connectivity index (χ0v) is 9.32. The van der Waals surface area contributed by atoms with Crippen LogP contribution in [0.5, 0.6) is 0 Å². The zero-order valence-electron chi connectivity index (χ0n) is 9.32. The number of carbonyl (C=O) groups is 1. The van der Waals surface area contributed by atoms with E-state index in [2.05, 4.69) is 12.7 Å². The van der Waals surface area contributed by atoms with Crippen molar-refractivity contribution in [2.24, 2.45) is 0 Å². The van der Waals surface area contributed by atoms with Gasteiger partial charge in [0.1, 0.15) is 5.76 Å². The molecule has 0 fully saturated rings. The number of hydrogen-bond acceptors (Lipinski definition) is 2. The molecule has 0 unspecified atom stereocenters. The van der Waals surface area contributed by atoms with Crippen LogP contribution >= 0.6 is 0 Å². The molecule has 82 valence electrons. The Morgan fingerprint density at radius 3 is 2.88 bits per heavy atom. The molecule has 1 aromatic heterocycles. The normalized spacial score (nSPS) is 13.9. The van der Waals surface area contributed by atoms with Crippen molar-refractivity contribution in [2.45, 2.75) is 19.8 Å². The van der Waals surface area contributed by atoms with Crippen molar-refractivity contribution in [3.05, 3.63) is 59.6 Å². The fraction of sp³-hybridized carbons (Fsp3) is 0.214. The third kappa shape index (κ3) is 2.22. The van der Waals surface area contributed by atoms with E-state index >= 15 is 0 Å². The van der Waals surface area contributed by atoms with Crippen LogP contribution in [0.3, 0.4) is 0 Å². The predicted molar refractivity (Wildman–Crippen MR) is 63.4 cm³/mol. The number of aryl methyl sites for hydroxylation is 1. The van der Waals surface area contributed by atoms with Gasteiger partial charge in [-0.3, -0.25) is 4.79 Å². The highest BCUT2D eigenvalue weighted by molar-refractivity contribution is 5.95. The summed E-state index contributed by atoms with van der Waals surface area (Å²) in [6.45, 7) is 5.77. The minimum atomic E-state index is -0.00843. The van der Waals surface area contributed by atoms with Crippen molar-refractivity contribution < 1.29 is 9.21 Å². The van der Waals surface area contributed by atoms with Crippen LogP contribution in [0.2, 0.25) is 0 Å². The SMILES string of the molecule is C=C(CC(=O)c1ccc(C)o1)C1=CC=CC1. The van der Waals surface area contributed by atoms with E-state index in [0.29, 0.717) is 12.2 Å². The number of carbonyl (C=O) groups excluding carboxylic acids is 1. The Hall–Kier alpha value is -1.83. The van der Waals surface area contributed by atoms with Gasteiger partial charge in [0.25, 0.3) is 0 Å². The maximum absolute atomic E-state index is 11.8. The van der Waals surface area contributed by atoms with Gasteiger partial charge >= 0.3 is 0 Å². The number of allylic oxidation sites excluding steroid dienone is 5. The highest BCUT2D eigenvalue weighted by atomic mass is 16.3. The molecule has 0 bridgehead atoms. The lowest BCUT2D eigenvalue weighted by Crippen LogP contribution is -2.00. The van der Waals surface area contributed by atoms with Crippen molar-refractivity contribution in [1.82, 2.24) is 0 Å². The number of ketones is 1. The van der Waals surface area contributed by atoms with Gasteiger partial charge in [-0.25, -0.2) is 0 Å². The average Bonchev–Trinajstić information content (AvgIpc) is 2.87. The van der Waals surface area contributed by atoms with E-state index in [1.54, 1.807) is 12.1 Å². The van der Waals surface area contributed by atoms with Gasteiger partial charge in [0.05, 0.1) is 0 Å². The summed E-state index contributed by atoms with van der Waals surface area (Å²) in [4.78, 5) is 11.8. The van der Waals surface area contributed by atoms with Gasteiger partial charge in [-0.2, -0.15) is 0 Å². The molecule has 0 aliphatic heterocycles. The average molecular weight is 214 g/mol. The van der Waals surface area contributed by atoms with E-state index in [9.17, 15) is 4.79 Å². The first-order valence-electron chi connectivity index (χ1n) is 5.30. The van der Waals surface area contributed by atoms with Gasteiger partial charge in [-0.1, -0.05) is 24.8 Å². The fourth-order valence-corrected chi connectivity index (χ4v) is 1.69. The van der Waals surface area contributed by atoms with E-state index in [1.165, 1.54) is 0 Å². The van der Waals surface area contributed by atoms with E-state index < -0.39 is 0 Å². The molecule has 0 saturated heterocycles. The molecule has 16 heavy (non-hydrogen) atoms. The van der Waals surface area contributed by atoms with Gasteiger partial charge in [0.15, 0.2) is 5.76 Å². The quantitative estimate of drug-likeness (QED) is 0.717. The Morgan fingerprint density at radius 2 is 2.31 bits per heavy atom. The first kappa shape index (κ1) is 10.7. The molecule has 0 radical (unpaired) electrons. The monoisotopic (exact) mass is 214 g/mol. The van der Waals surface area contributed by atoms with Gasteiger partial charge in [-0.05, 0) is 36.6 Å². The van der Waals surface area contributed by atoms with Crippen LogP contribution < -0.4 is 0 Å². The van der Waals surface area contributed by atoms with Gasteiger partial charge in [-0.15, -0.1) is 0 Å². The molecular formula is C14H14O2. The lowest BCUT2D eigenvalue weighted by Gasteiger charge is -2.04. The van der Waals surface area contributed by atoms with E-state index in [0.717, 1.165) is 23.3 Å². The van der Waals surface area contributed by atoms with Crippen LogP contribution in [0.15, 0.2) is 52.5 Å². The molecule has 0 atom stereocenters. The van der Waals surface area contributed by atoms with Crippen LogP contribution in [0, 0.1) is 6.92 Å². The Bertz CT molecular complexity index is 487. The standard InChI is InChI=1S/C14H14O2/c1-10(12-5-3-4-6-12)9-13(15)14-8-7-11(2)16-14/h3-5,7-8H,1,6,9H2,2H3. The molecule has 0 saturated carbocycles. The van der Waals surface area contributed by atoms with E-state index in [1.807, 2.05) is 19.1 Å². The smallest absolute Gasteiger partial charge is 0.202 e. The van der Waals surface area contributed by atoms with Crippen molar-refractivity contribution in [3.8, 4) is 0 Å². The topological polar surface area (TPSA) is 30.2 Å². The Morgan fingerprint density at radius 1 is 1.50 bits per heavy atom. The molecule has 1 aliphatic rings. The van der Waals surface area contributed by atoms with Crippen LogP contribution in [-0.2, 0) is 0 Å². The van der Waals surface area contributed by atoms with Crippen molar-refractivity contribution in [3.63, 3.8) is 0 Å². The number of Topliss-reactive ketones (excluding diaryl/α,β-unsaturated/α-hetero) is 1. The number of furan rings is 1. The summed E-state index contributed by atoms with van der Waals surface area (Å²) >= 11 is 0. The van der Waals surface area contributed by atoms with Gasteiger partial charge < -0.3 is 4.42 Å². The fourth-order valence-electron chi connectivity index (χ4n) is 1.69. The van der Waals surface area contributed by atoms with Crippen LogP contribution in [0.4, 0.5) is 0 Å². The minimum absolute atomic E-state index is 0.00843. The van der Waals surface area contributed by atoms with Crippen LogP contribution in [0.25, 0.3) is 0 Å². The molecule has 2 nitrogen and oxygen atoms in total. The summed E-state index contributed by atoms with van der Waals surface area (Å²) in [5.41, 5.74) is 2.01. The molecule has 1 aliphatic carbocycles. The molecule has 0 amide bonds. The molecule has 0 spiro atoms. The van der Waals surface area contributed by atoms with E-state index in [4.69, 9.17) is 4.42 Å². The predicted octanol–water partition coefficient (Wildman–Crippen LogP) is 3.60. The summed E-state index contributed by atoms with van der Waals surface area (Å²) < 4.78 is 5.28. The van der Waals surface area contributed by atoms with Crippen molar-refractivity contribution in [2.75, 3.05) is 0 Å². The summed E-state index contributed by atoms with van der Waals surface area (Å²) in [5.74, 6) is 1.17. The Labute approximate surface area is 95.0 Å². The number of hydrogen-bond donors (Lipinski definition) is 0. The first-order chi connectivity index (χ1) is 7.66. The molecule has 0 aromatic carbocycles. The molecule has 2 heteroatoms. The van der Waals surface area contributed by atoms with Gasteiger partial charge in [0.2, 0.25) is 5.78 Å². The van der Waals surface area contributed by atoms with Crippen molar-refractivity contribution >= 4 is 5.78 Å². The molecule has 0 N–H and O–H groups in total. The van der Waals surface area contributed by atoms with Crippen LogP contribution in [-0.4, -0.2) is 5.78 Å². The Balaban J connectivity index is 2.00. The second kappa shape index (κ2) is 4.35. The first-order valence-corrected chi connectivity index (χ1v) is 5.30. The lowest BCUT2D eigenvalue weighted by atomic mass is 10.0. The van der Waals surface area contributed by atoms with Crippen molar-refractivity contribution in [1.29, 1.82) is 0 Å². The maximum atomic E-state index is 11.8. The third-order valence-corrected chi connectivity index (χ3v) is 2.61. The second-order valence-electron chi connectivity index (χ2n) is 3.94. The van der Waals surface area contributed by atoms with Gasteiger partial charge in [0, 0.05) is 6.42 Å². The maximum Gasteiger partial charge on any atom is 0.202 e. The zero-order chi connectivity index (χ0) is 11.5. The largest absolute Gasteiger partial charge is 0.458 e.